The highest BCUT2D eigenvalue weighted by atomic mass is 19.3. The third kappa shape index (κ3) is 2.42. The van der Waals surface area contributed by atoms with Crippen molar-refractivity contribution in [1.29, 1.82) is 0 Å². The highest BCUT2D eigenvalue weighted by Gasteiger charge is 2.13. The molecule has 0 aliphatic rings. The van der Waals surface area contributed by atoms with Gasteiger partial charge in [0.1, 0.15) is 11.6 Å². The van der Waals surface area contributed by atoms with E-state index in [1.54, 1.807) is 0 Å². The third-order valence-electron chi connectivity index (χ3n) is 2.45. The average Bonchev–Trinajstić information content (AvgIpc) is 2.30. The molecule has 0 fully saturated rings. The number of halogens is 4. The maximum Gasteiger partial charge on any atom is 0.270 e. The largest absolute Gasteiger partial charge is 0.270 e. The van der Waals surface area contributed by atoms with Gasteiger partial charge in [-0.2, -0.15) is 8.78 Å². The van der Waals surface area contributed by atoms with E-state index in [1.165, 1.54) is 30.3 Å². The molecule has 92 valence electrons. The molecule has 4 heteroatoms. The van der Waals surface area contributed by atoms with Crippen LogP contribution in [0.25, 0.3) is 17.2 Å². The topological polar surface area (TPSA) is 0 Å². The average molecular weight is 252 g/mol. The maximum absolute atomic E-state index is 13.7. The smallest absolute Gasteiger partial charge is 0.206 e. The molecule has 0 saturated carbocycles. The normalized spacial score (nSPS) is 10.2. The second-order valence-corrected chi connectivity index (χ2v) is 3.62. The zero-order valence-electron chi connectivity index (χ0n) is 9.13. The summed E-state index contributed by atoms with van der Waals surface area (Å²) in [4.78, 5) is 0. The lowest BCUT2D eigenvalue weighted by Gasteiger charge is -2.08. The van der Waals surface area contributed by atoms with Crippen LogP contribution in [-0.2, 0) is 0 Å². The lowest BCUT2D eigenvalue weighted by atomic mass is 9.98. The van der Waals surface area contributed by atoms with E-state index < -0.39 is 17.7 Å². The van der Waals surface area contributed by atoms with Crippen LogP contribution in [0, 0.1) is 11.6 Å². The molecule has 0 amide bonds. The van der Waals surface area contributed by atoms with Gasteiger partial charge in [-0.05, 0) is 17.7 Å². The first kappa shape index (κ1) is 12.4. The highest BCUT2D eigenvalue weighted by molar-refractivity contribution is 5.76. The first-order valence-electron chi connectivity index (χ1n) is 5.15. The van der Waals surface area contributed by atoms with E-state index in [4.69, 9.17) is 0 Å². The quantitative estimate of drug-likeness (QED) is 0.669. The fourth-order valence-electron chi connectivity index (χ4n) is 1.73. The van der Waals surface area contributed by atoms with Gasteiger partial charge in [-0.1, -0.05) is 30.3 Å². The molecule has 0 heterocycles. The summed E-state index contributed by atoms with van der Waals surface area (Å²) >= 11 is 0. The van der Waals surface area contributed by atoms with Gasteiger partial charge in [-0.15, -0.1) is 0 Å². The van der Waals surface area contributed by atoms with Crippen molar-refractivity contribution in [3.05, 3.63) is 65.7 Å². The molecule has 2 rings (SSSR count). The minimum absolute atomic E-state index is 0.0388. The summed E-state index contributed by atoms with van der Waals surface area (Å²) in [5.41, 5.74) is -0.258. The molecule has 0 atom stereocenters. The summed E-state index contributed by atoms with van der Waals surface area (Å²) in [5.74, 6) is -1.40. The van der Waals surface area contributed by atoms with Crippen molar-refractivity contribution >= 4 is 6.08 Å². The second kappa shape index (κ2) is 5.04. The van der Waals surface area contributed by atoms with Crippen molar-refractivity contribution in [2.75, 3.05) is 0 Å². The molecular formula is C14H8F4. The molecule has 0 radical (unpaired) electrons. The summed E-state index contributed by atoms with van der Waals surface area (Å²) < 4.78 is 51.9. The van der Waals surface area contributed by atoms with Crippen LogP contribution in [0.4, 0.5) is 17.6 Å². The summed E-state index contributed by atoms with van der Waals surface area (Å²) in [7, 11) is 0. The van der Waals surface area contributed by atoms with Gasteiger partial charge in [-0.3, -0.25) is 0 Å². The number of benzene rings is 2. The molecule has 0 aromatic heterocycles. The zero-order valence-corrected chi connectivity index (χ0v) is 9.13. The van der Waals surface area contributed by atoms with Crippen LogP contribution in [0.1, 0.15) is 5.56 Å². The summed E-state index contributed by atoms with van der Waals surface area (Å²) in [6.45, 7) is 0. The Balaban J connectivity index is 2.71. The molecule has 0 nitrogen and oxygen atoms in total. The first-order chi connectivity index (χ1) is 8.59. The van der Waals surface area contributed by atoms with Crippen LogP contribution in [0.5, 0.6) is 0 Å². The fraction of sp³-hybridized carbons (Fsp3) is 0. The lowest BCUT2D eigenvalue weighted by molar-refractivity contribution is 0.429. The van der Waals surface area contributed by atoms with Gasteiger partial charge >= 0.3 is 0 Å². The van der Waals surface area contributed by atoms with Gasteiger partial charge < -0.3 is 0 Å². The van der Waals surface area contributed by atoms with Crippen LogP contribution in [-0.4, -0.2) is 0 Å². The van der Waals surface area contributed by atoms with Crippen molar-refractivity contribution in [1.82, 2.24) is 0 Å². The van der Waals surface area contributed by atoms with Crippen molar-refractivity contribution in [3.63, 3.8) is 0 Å². The monoisotopic (exact) mass is 252 g/mol. The van der Waals surface area contributed by atoms with Gasteiger partial charge in [-0.25, -0.2) is 8.78 Å². The van der Waals surface area contributed by atoms with Crippen LogP contribution >= 0.6 is 0 Å². The lowest BCUT2D eigenvalue weighted by Crippen LogP contribution is -1.92. The molecule has 0 unspecified atom stereocenters. The first-order valence-corrected chi connectivity index (χ1v) is 5.15. The molecule has 0 aliphatic heterocycles. The minimum Gasteiger partial charge on any atom is -0.206 e. The molecule has 0 spiro atoms. The molecule has 2 aromatic carbocycles. The summed E-state index contributed by atoms with van der Waals surface area (Å²) in [6.07, 6.45) is -1.44. The van der Waals surface area contributed by atoms with E-state index in [9.17, 15) is 17.6 Å². The molecule has 18 heavy (non-hydrogen) atoms. The predicted molar refractivity (Wildman–Crippen MR) is 62.0 cm³/mol. The van der Waals surface area contributed by atoms with Gasteiger partial charge in [0.2, 0.25) is 0 Å². The molecule has 0 bridgehead atoms. The molecule has 2 aromatic rings. The number of rotatable bonds is 2. The maximum atomic E-state index is 13.7. The Labute approximate surface area is 101 Å². The van der Waals surface area contributed by atoms with Crippen LogP contribution < -0.4 is 0 Å². The Morgan fingerprint density at radius 1 is 0.833 bits per heavy atom. The minimum atomic E-state index is -1.96. The van der Waals surface area contributed by atoms with Gasteiger partial charge in [0, 0.05) is 17.2 Å². The van der Waals surface area contributed by atoms with Gasteiger partial charge in [0.05, 0.1) is 0 Å². The Kier molecular flexibility index (Phi) is 3.46. The van der Waals surface area contributed by atoms with E-state index in [0.29, 0.717) is 6.08 Å². The van der Waals surface area contributed by atoms with Gasteiger partial charge in [0.15, 0.2) is 0 Å². The fourth-order valence-corrected chi connectivity index (χ4v) is 1.73. The molecule has 0 saturated heterocycles. The van der Waals surface area contributed by atoms with Gasteiger partial charge in [0.25, 0.3) is 6.08 Å². The zero-order chi connectivity index (χ0) is 13.1. The van der Waals surface area contributed by atoms with Crippen LogP contribution in [0.2, 0.25) is 0 Å². The number of hydrogen-bond donors (Lipinski definition) is 0. The van der Waals surface area contributed by atoms with Crippen molar-refractivity contribution in [2.45, 2.75) is 0 Å². The Morgan fingerprint density at radius 3 is 2.17 bits per heavy atom. The SMILES string of the molecule is FC(F)=Cc1cccc(F)c1-c1ccccc1F. The van der Waals surface area contributed by atoms with E-state index in [-0.39, 0.29) is 16.7 Å². The molecular weight excluding hydrogens is 244 g/mol. The Morgan fingerprint density at radius 2 is 1.50 bits per heavy atom. The van der Waals surface area contributed by atoms with Crippen molar-refractivity contribution in [2.24, 2.45) is 0 Å². The Hall–Kier alpha value is -2.10. The van der Waals surface area contributed by atoms with E-state index >= 15 is 0 Å². The standard InChI is InChI=1S/C14H8F4/c15-11-6-2-1-5-10(11)14-9(8-13(17)18)4-3-7-12(14)16/h1-8H. The van der Waals surface area contributed by atoms with E-state index in [2.05, 4.69) is 0 Å². The number of hydrogen-bond acceptors (Lipinski definition) is 0. The summed E-state index contributed by atoms with van der Waals surface area (Å²) in [5, 5.41) is 0. The van der Waals surface area contributed by atoms with Crippen LogP contribution in [0.15, 0.2) is 48.5 Å². The Bertz CT molecular complexity index is 598. The highest BCUT2D eigenvalue weighted by Crippen LogP contribution is 2.30. The second-order valence-electron chi connectivity index (χ2n) is 3.62. The summed E-state index contributed by atoms with van der Waals surface area (Å²) in [6, 6.07) is 9.19. The van der Waals surface area contributed by atoms with Crippen molar-refractivity contribution in [3.8, 4) is 11.1 Å². The third-order valence-corrected chi connectivity index (χ3v) is 2.45. The molecule has 0 aliphatic carbocycles. The van der Waals surface area contributed by atoms with Crippen molar-refractivity contribution < 1.29 is 17.6 Å². The molecule has 0 N–H and O–H groups in total. The van der Waals surface area contributed by atoms with Crippen LogP contribution in [0.3, 0.4) is 0 Å². The predicted octanol–water partition coefficient (Wildman–Crippen LogP) is 4.87. The van der Waals surface area contributed by atoms with E-state index in [1.807, 2.05) is 0 Å². The van der Waals surface area contributed by atoms with E-state index in [0.717, 1.165) is 12.1 Å².